The SMILES string of the molecule is CCCNCc1cccc(C)c1OCCCOCCOC. The molecule has 0 fully saturated rings. The summed E-state index contributed by atoms with van der Waals surface area (Å²) in [6, 6.07) is 6.30. The van der Waals surface area contributed by atoms with Crippen LogP contribution in [0.3, 0.4) is 0 Å². The van der Waals surface area contributed by atoms with Gasteiger partial charge in [0.15, 0.2) is 0 Å². The predicted octanol–water partition coefficient (Wildman–Crippen LogP) is 2.93. The Bertz CT molecular complexity index is 382. The Labute approximate surface area is 128 Å². The van der Waals surface area contributed by atoms with Crippen LogP contribution in [-0.2, 0) is 16.0 Å². The predicted molar refractivity (Wildman–Crippen MR) is 86.0 cm³/mol. The van der Waals surface area contributed by atoms with Crippen LogP contribution in [0, 0.1) is 6.92 Å². The third kappa shape index (κ3) is 7.46. The fourth-order valence-corrected chi connectivity index (χ4v) is 2.04. The van der Waals surface area contributed by atoms with E-state index in [4.69, 9.17) is 14.2 Å². The van der Waals surface area contributed by atoms with Gasteiger partial charge in [-0.15, -0.1) is 0 Å². The molecule has 0 saturated heterocycles. The molecule has 0 aliphatic rings. The molecule has 0 radical (unpaired) electrons. The average Bonchev–Trinajstić information content (AvgIpc) is 2.49. The molecule has 4 nitrogen and oxygen atoms in total. The molecular formula is C17H29NO3. The quantitative estimate of drug-likeness (QED) is 0.602. The van der Waals surface area contributed by atoms with E-state index in [1.165, 1.54) is 11.1 Å². The molecule has 1 rings (SSSR count). The second kappa shape index (κ2) is 11.5. The van der Waals surface area contributed by atoms with Gasteiger partial charge in [0.2, 0.25) is 0 Å². The third-order valence-corrected chi connectivity index (χ3v) is 3.15. The van der Waals surface area contributed by atoms with Gasteiger partial charge in [-0.05, 0) is 25.5 Å². The summed E-state index contributed by atoms with van der Waals surface area (Å²) in [5, 5.41) is 3.43. The zero-order valence-electron chi connectivity index (χ0n) is 13.6. The summed E-state index contributed by atoms with van der Waals surface area (Å²) >= 11 is 0. The third-order valence-electron chi connectivity index (χ3n) is 3.15. The van der Waals surface area contributed by atoms with Crippen LogP contribution in [0.1, 0.15) is 30.9 Å². The van der Waals surface area contributed by atoms with E-state index in [2.05, 4.69) is 37.4 Å². The number of para-hydroxylation sites is 1. The molecule has 1 N–H and O–H groups in total. The Morgan fingerprint density at radius 3 is 2.71 bits per heavy atom. The Balaban J connectivity index is 2.35. The number of hydrogen-bond donors (Lipinski definition) is 1. The van der Waals surface area contributed by atoms with Gasteiger partial charge in [-0.25, -0.2) is 0 Å². The summed E-state index contributed by atoms with van der Waals surface area (Å²) in [6.45, 7) is 8.82. The highest BCUT2D eigenvalue weighted by Crippen LogP contribution is 2.23. The molecule has 0 aromatic heterocycles. The van der Waals surface area contributed by atoms with E-state index in [0.29, 0.717) is 26.4 Å². The Morgan fingerprint density at radius 2 is 1.95 bits per heavy atom. The van der Waals surface area contributed by atoms with Gasteiger partial charge in [0.1, 0.15) is 5.75 Å². The van der Waals surface area contributed by atoms with Gasteiger partial charge in [-0.3, -0.25) is 0 Å². The van der Waals surface area contributed by atoms with Gasteiger partial charge in [0, 0.05) is 32.2 Å². The minimum Gasteiger partial charge on any atom is -0.493 e. The summed E-state index contributed by atoms with van der Waals surface area (Å²) in [7, 11) is 1.68. The largest absolute Gasteiger partial charge is 0.493 e. The maximum atomic E-state index is 5.95. The number of nitrogens with one attached hydrogen (secondary N) is 1. The summed E-state index contributed by atoms with van der Waals surface area (Å²) < 4.78 is 16.3. The van der Waals surface area contributed by atoms with Crippen molar-refractivity contribution in [3.05, 3.63) is 29.3 Å². The molecule has 0 aliphatic heterocycles. The number of aryl methyl sites for hydroxylation is 1. The van der Waals surface area contributed by atoms with Crippen LogP contribution in [0.5, 0.6) is 5.75 Å². The minimum absolute atomic E-state index is 0.645. The number of benzene rings is 1. The van der Waals surface area contributed by atoms with E-state index >= 15 is 0 Å². The molecule has 21 heavy (non-hydrogen) atoms. The van der Waals surface area contributed by atoms with E-state index in [1.807, 2.05) is 0 Å². The van der Waals surface area contributed by atoms with Gasteiger partial charge in [0.05, 0.1) is 19.8 Å². The highest BCUT2D eigenvalue weighted by molar-refractivity contribution is 5.40. The van der Waals surface area contributed by atoms with Crippen LogP contribution in [0.2, 0.25) is 0 Å². The standard InChI is InChI=1S/C17H29NO3/c1-4-9-18-14-16-8-5-7-15(2)17(16)21-11-6-10-20-13-12-19-3/h5,7-8,18H,4,6,9-14H2,1-3H3. The first-order valence-corrected chi connectivity index (χ1v) is 7.78. The topological polar surface area (TPSA) is 39.7 Å². The van der Waals surface area contributed by atoms with Crippen LogP contribution in [0.15, 0.2) is 18.2 Å². The molecule has 0 aliphatic carbocycles. The Kier molecular flexibility index (Phi) is 9.87. The van der Waals surface area contributed by atoms with Gasteiger partial charge in [-0.1, -0.05) is 25.1 Å². The second-order valence-electron chi connectivity index (χ2n) is 5.05. The van der Waals surface area contributed by atoms with Crippen molar-refractivity contribution in [2.75, 3.05) is 40.1 Å². The van der Waals surface area contributed by atoms with Gasteiger partial charge in [-0.2, -0.15) is 0 Å². The lowest BCUT2D eigenvalue weighted by Crippen LogP contribution is -2.15. The highest BCUT2D eigenvalue weighted by Gasteiger charge is 2.06. The number of rotatable bonds is 12. The normalized spacial score (nSPS) is 10.8. The van der Waals surface area contributed by atoms with Crippen LogP contribution in [0.25, 0.3) is 0 Å². The van der Waals surface area contributed by atoms with Crippen LogP contribution in [0.4, 0.5) is 0 Å². The van der Waals surface area contributed by atoms with Gasteiger partial charge < -0.3 is 19.5 Å². The summed E-state index contributed by atoms with van der Waals surface area (Å²) in [5.74, 6) is 1.01. The van der Waals surface area contributed by atoms with Crippen LogP contribution < -0.4 is 10.1 Å². The van der Waals surface area contributed by atoms with Crippen molar-refractivity contribution in [1.29, 1.82) is 0 Å². The first-order valence-electron chi connectivity index (χ1n) is 7.78. The molecule has 0 unspecified atom stereocenters. The van der Waals surface area contributed by atoms with Gasteiger partial charge >= 0.3 is 0 Å². The fourth-order valence-electron chi connectivity index (χ4n) is 2.04. The van der Waals surface area contributed by atoms with Crippen molar-refractivity contribution in [1.82, 2.24) is 5.32 Å². The van der Waals surface area contributed by atoms with E-state index in [0.717, 1.165) is 31.7 Å². The van der Waals surface area contributed by atoms with Crippen LogP contribution in [-0.4, -0.2) is 40.1 Å². The van der Waals surface area contributed by atoms with Gasteiger partial charge in [0.25, 0.3) is 0 Å². The van der Waals surface area contributed by atoms with E-state index < -0.39 is 0 Å². The molecule has 0 heterocycles. The number of hydrogen-bond acceptors (Lipinski definition) is 4. The lowest BCUT2D eigenvalue weighted by atomic mass is 10.1. The number of ether oxygens (including phenoxy) is 3. The van der Waals surface area contributed by atoms with Crippen molar-refractivity contribution in [2.24, 2.45) is 0 Å². The maximum Gasteiger partial charge on any atom is 0.126 e. The molecule has 120 valence electrons. The van der Waals surface area contributed by atoms with Crippen molar-refractivity contribution in [2.45, 2.75) is 33.2 Å². The molecule has 0 saturated carbocycles. The number of methoxy groups -OCH3 is 1. The summed E-state index contributed by atoms with van der Waals surface area (Å²) in [6.07, 6.45) is 2.03. The monoisotopic (exact) mass is 295 g/mol. The molecule has 4 heteroatoms. The van der Waals surface area contributed by atoms with Crippen molar-refractivity contribution < 1.29 is 14.2 Å². The second-order valence-corrected chi connectivity index (χ2v) is 5.05. The smallest absolute Gasteiger partial charge is 0.126 e. The van der Waals surface area contributed by atoms with Crippen molar-refractivity contribution >= 4 is 0 Å². The first kappa shape index (κ1) is 18.0. The lowest BCUT2D eigenvalue weighted by Gasteiger charge is -2.14. The summed E-state index contributed by atoms with van der Waals surface area (Å²) in [5.41, 5.74) is 2.41. The molecule has 1 aromatic rings. The molecule has 0 amide bonds. The van der Waals surface area contributed by atoms with Crippen molar-refractivity contribution in [3.63, 3.8) is 0 Å². The average molecular weight is 295 g/mol. The van der Waals surface area contributed by atoms with Crippen molar-refractivity contribution in [3.8, 4) is 5.75 Å². The molecule has 1 aromatic carbocycles. The van der Waals surface area contributed by atoms with E-state index in [9.17, 15) is 0 Å². The Hall–Kier alpha value is -1.10. The molecule has 0 spiro atoms. The Morgan fingerprint density at radius 1 is 1.10 bits per heavy atom. The highest BCUT2D eigenvalue weighted by atomic mass is 16.5. The van der Waals surface area contributed by atoms with Crippen LogP contribution >= 0.6 is 0 Å². The first-order chi connectivity index (χ1) is 10.3. The molecule has 0 bridgehead atoms. The fraction of sp³-hybridized carbons (Fsp3) is 0.647. The maximum absolute atomic E-state index is 5.95. The van der Waals surface area contributed by atoms with E-state index in [-0.39, 0.29) is 0 Å². The zero-order chi connectivity index (χ0) is 15.3. The molecular weight excluding hydrogens is 266 g/mol. The lowest BCUT2D eigenvalue weighted by molar-refractivity contribution is 0.0643. The zero-order valence-corrected chi connectivity index (χ0v) is 13.6. The van der Waals surface area contributed by atoms with E-state index in [1.54, 1.807) is 7.11 Å². The molecule has 0 atom stereocenters. The minimum atomic E-state index is 0.645. The summed E-state index contributed by atoms with van der Waals surface area (Å²) in [4.78, 5) is 0.